The maximum atomic E-state index is 14.5. The number of para-hydroxylation sites is 1. The van der Waals surface area contributed by atoms with E-state index in [0.717, 1.165) is 32.2 Å². The zero-order valence-electron chi connectivity index (χ0n) is 16.1. The van der Waals surface area contributed by atoms with Crippen LogP contribution < -0.4 is 5.56 Å². The number of aromatic nitrogens is 2. The Morgan fingerprint density at radius 1 is 1.31 bits per heavy atom. The highest BCUT2D eigenvalue weighted by molar-refractivity contribution is 7.99. The van der Waals surface area contributed by atoms with Crippen LogP contribution in [0, 0.1) is 5.82 Å². The summed E-state index contributed by atoms with van der Waals surface area (Å²) < 4.78 is 16.2. The number of hydrogen-bond acceptors (Lipinski definition) is 5. The first-order chi connectivity index (χ1) is 14.1. The predicted molar refractivity (Wildman–Crippen MR) is 116 cm³/mol. The number of halogens is 1. The molecule has 0 spiro atoms. The molecule has 152 valence electrons. The van der Waals surface area contributed by atoms with Crippen LogP contribution in [0.25, 0.3) is 15.9 Å². The van der Waals surface area contributed by atoms with Gasteiger partial charge in [0.2, 0.25) is 5.91 Å². The number of thiophene rings is 1. The number of nitrogens with zero attached hydrogens (tertiary/aromatic N) is 3. The summed E-state index contributed by atoms with van der Waals surface area (Å²) in [6, 6.07) is 8.19. The lowest BCUT2D eigenvalue weighted by Crippen LogP contribution is -2.44. The second kappa shape index (κ2) is 8.67. The Balaban J connectivity index is 1.68. The molecule has 1 aliphatic heterocycles. The maximum absolute atomic E-state index is 14.5. The van der Waals surface area contributed by atoms with Crippen LogP contribution in [0.4, 0.5) is 4.39 Å². The van der Waals surface area contributed by atoms with Crippen molar-refractivity contribution in [3.8, 4) is 5.69 Å². The molecule has 1 saturated heterocycles. The molecule has 2 aromatic heterocycles. The van der Waals surface area contributed by atoms with Crippen molar-refractivity contribution in [1.29, 1.82) is 0 Å². The van der Waals surface area contributed by atoms with Crippen molar-refractivity contribution in [1.82, 2.24) is 14.5 Å². The fraction of sp³-hybridized carbons (Fsp3) is 0.381. The highest BCUT2D eigenvalue weighted by atomic mass is 32.2. The van der Waals surface area contributed by atoms with Gasteiger partial charge in [0.1, 0.15) is 10.5 Å². The molecule has 0 aliphatic carbocycles. The molecular formula is C21H22FN3O2S2. The lowest BCUT2D eigenvalue weighted by Gasteiger charge is -2.35. The van der Waals surface area contributed by atoms with Gasteiger partial charge in [0, 0.05) is 12.6 Å². The van der Waals surface area contributed by atoms with Gasteiger partial charge in [0.05, 0.1) is 17.0 Å². The molecule has 1 aliphatic rings. The number of fused-ring (bicyclic) bond motifs is 1. The zero-order valence-corrected chi connectivity index (χ0v) is 17.8. The fourth-order valence-corrected chi connectivity index (χ4v) is 5.45. The number of carbonyl (C=O) groups excluding carboxylic acids is 1. The van der Waals surface area contributed by atoms with Crippen molar-refractivity contribution >= 4 is 39.2 Å². The topological polar surface area (TPSA) is 55.2 Å². The summed E-state index contributed by atoms with van der Waals surface area (Å²) in [6.45, 7) is 2.88. The van der Waals surface area contributed by atoms with Crippen molar-refractivity contribution < 1.29 is 9.18 Å². The number of piperidine rings is 1. The third-order valence-electron chi connectivity index (χ3n) is 5.29. The van der Waals surface area contributed by atoms with Gasteiger partial charge in [0.25, 0.3) is 5.56 Å². The molecule has 0 unspecified atom stereocenters. The smallest absolute Gasteiger partial charge is 0.276 e. The van der Waals surface area contributed by atoms with Gasteiger partial charge in [0.15, 0.2) is 5.16 Å². The average molecular weight is 432 g/mol. The molecule has 8 heteroatoms. The van der Waals surface area contributed by atoms with Crippen molar-refractivity contribution in [2.75, 3.05) is 12.3 Å². The first-order valence-electron chi connectivity index (χ1n) is 9.77. The van der Waals surface area contributed by atoms with E-state index in [0.29, 0.717) is 15.4 Å². The third-order valence-corrected chi connectivity index (χ3v) is 7.10. The SMILES string of the molecule is CC[C@H]1CCCCN1C(=O)CSc1nc2ccsc2c(=O)n1-c1ccccc1F. The van der Waals surface area contributed by atoms with Crippen molar-refractivity contribution in [3.63, 3.8) is 0 Å². The molecule has 0 saturated carbocycles. The van der Waals surface area contributed by atoms with Crippen molar-refractivity contribution in [2.45, 2.75) is 43.8 Å². The van der Waals surface area contributed by atoms with Gasteiger partial charge >= 0.3 is 0 Å². The summed E-state index contributed by atoms with van der Waals surface area (Å²) in [6.07, 6.45) is 4.14. The Labute approximate surface area is 176 Å². The van der Waals surface area contributed by atoms with Crippen LogP contribution in [0.3, 0.4) is 0 Å². The van der Waals surface area contributed by atoms with Gasteiger partial charge in [-0.3, -0.25) is 14.2 Å². The molecule has 1 aromatic carbocycles. The van der Waals surface area contributed by atoms with E-state index in [2.05, 4.69) is 11.9 Å². The van der Waals surface area contributed by atoms with E-state index in [9.17, 15) is 14.0 Å². The molecule has 1 fully saturated rings. The van der Waals surface area contributed by atoms with E-state index in [1.165, 1.54) is 33.7 Å². The van der Waals surface area contributed by atoms with Crippen LogP contribution in [-0.2, 0) is 4.79 Å². The van der Waals surface area contributed by atoms with Gasteiger partial charge in [-0.25, -0.2) is 9.37 Å². The fourth-order valence-electron chi connectivity index (χ4n) is 3.80. The minimum absolute atomic E-state index is 0.0429. The van der Waals surface area contributed by atoms with Gasteiger partial charge in [-0.05, 0) is 49.3 Å². The Bertz CT molecular complexity index is 1090. The van der Waals surface area contributed by atoms with E-state index in [1.807, 2.05) is 4.90 Å². The molecular weight excluding hydrogens is 409 g/mol. The van der Waals surface area contributed by atoms with Gasteiger partial charge in [-0.15, -0.1) is 11.3 Å². The number of amides is 1. The van der Waals surface area contributed by atoms with E-state index in [1.54, 1.807) is 29.6 Å². The second-order valence-corrected chi connectivity index (χ2v) is 8.91. The summed E-state index contributed by atoms with van der Waals surface area (Å²) in [5.74, 6) is -0.281. The van der Waals surface area contributed by atoms with E-state index in [4.69, 9.17) is 0 Å². The van der Waals surface area contributed by atoms with Crippen molar-refractivity contribution in [2.24, 2.45) is 0 Å². The third kappa shape index (κ3) is 3.96. The summed E-state index contributed by atoms with van der Waals surface area (Å²) >= 11 is 2.48. The number of thioether (sulfide) groups is 1. The molecule has 1 amide bonds. The Hall–Kier alpha value is -2.19. The molecule has 3 heterocycles. The van der Waals surface area contributed by atoms with E-state index < -0.39 is 5.82 Å². The van der Waals surface area contributed by atoms with Crippen LogP contribution in [-0.4, -0.2) is 38.7 Å². The normalized spacial score (nSPS) is 17.0. The molecule has 4 rings (SSSR count). The van der Waals surface area contributed by atoms with Crippen LogP contribution in [0.1, 0.15) is 32.6 Å². The quantitative estimate of drug-likeness (QED) is 0.442. The highest BCUT2D eigenvalue weighted by Gasteiger charge is 2.26. The van der Waals surface area contributed by atoms with Gasteiger partial charge < -0.3 is 4.90 Å². The maximum Gasteiger partial charge on any atom is 0.276 e. The van der Waals surface area contributed by atoms with Crippen molar-refractivity contribution in [3.05, 3.63) is 51.9 Å². The molecule has 5 nitrogen and oxygen atoms in total. The summed E-state index contributed by atoms with van der Waals surface area (Å²) in [5.41, 5.74) is 0.418. The van der Waals surface area contributed by atoms with Crippen LogP contribution in [0.15, 0.2) is 45.7 Å². The number of likely N-dealkylation sites (tertiary alicyclic amines) is 1. The molecule has 0 radical (unpaired) electrons. The molecule has 29 heavy (non-hydrogen) atoms. The first-order valence-corrected chi connectivity index (χ1v) is 11.6. The average Bonchev–Trinajstić information content (AvgIpc) is 3.22. The zero-order chi connectivity index (χ0) is 20.4. The molecule has 0 bridgehead atoms. The Morgan fingerprint density at radius 3 is 2.93 bits per heavy atom. The van der Waals surface area contributed by atoms with Gasteiger partial charge in [-0.1, -0.05) is 30.8 Å². The van der Waals surface area contributed by atoms with E-state index >= 15 is 0 Å². The van der Waals surface area contributed by atoms with Crippen LogP contribution in [0.2, 0.25) is 0 Å². The lowest BCUT2D eigenvalue weighted by atomic mass is 10.0. The molecule has 0 N–H and O–H groups in total. The Morgan fingerprint density at radius 2 is 2.14 bits per heavy atom. The predicted octanol–water partition coefficient (Wildman–Crippen LogP) is 4.47. The second-order valence-electron chi connectivity index (χ2n) is 7.05. The minimum atomic E-state index is -0.498. The molecule has 3 aromatic rings. The van der Waals surface area contributed by atoms with Crippen LogP contribution in [0.5, 0.6) is 0 Å². The summed E-state index contributed by atoms with van der Waals surface area (Å²) in [7, 11) is 0. The monoisotopic (exact) mass is 431 g/mol. The Kier molecular flexibility index (Phi) is 6.01. The standard InChI is InChI=1S/C21H22FN3O2S2/c1-2-14-7-5-6-11-24(14)18(26)13-29-21-23-16-10-12-28-19(16)20(27)25(21)17-9-4-3-8-15(17)22/h3-4,8-10,12,14H,2,5-7,11,13H2,1H3/t14-/m0/s1. The number of rotatable bonds is 5. The highest BCUT2D eigenvalue weighted by Crippen LogP contribution is 2.26. The number of benzene rings is 1. The van der Waals surface area contributed by atoms with E-state index in [-0.39, 0.29) is 28.9 Å². The lowest BCUT2D eigenvalue weighted by molar-refractivity contribution is -0.132. The summed E-state index contributed by atoms with van der Waals surface area (Å²) in [4.78, 5) is 32.5. The van der Waals surface area contributed by atoms with Gasteiger partial charge in [-0.2, -0.15) is 0 Å². The summed E-state index contributed by atoms with van der Waals surface area (Å²) in [5, 5.41) is 2.13. The minimum Gasteiger partial charge on any atom is -0.339 e. The van der Waals surface area contributed by atoms with Crippen LogP contribution >= 0.6 is 23.1 Å². The molecule has 1 atom stereocenters. The largest absolute Gasteiger partial charge is 0.339 e. The first kappa shape index (κ1) is 20.1. The number of carbonyl (C=O) groups is 1. The number of hydrogen-bond donors (Lipinski definition) is 0.